The number of alkyl halides is 3. The summed E-state index contributed by atoms with van der Waals surface area (Å²) in [6.45, 7) is 0. The van der Waals surface area contributed by atoms with Gasteiger partial charge in [0.05, 0.1) is 17.3 Å². The van der Waals surface area contributed by atoms with Gasteiger partial charge in [-0.2, -0.15) is 13.2 Å². The monoisotopic (exact) mass is 274 g/mol. The van der Waals surface area contributed by atoms with E-state index in [4.69, 9.17) is 4.74 Å². The molecule has 0 radical (unpaired) electrons. The molecule has 5 heteroatoms. The third-order valence-corrected chi connectivity index (χ3v) is 3.76. The molecule has 0 heterocycles. The van der Waals surface area contributed by atoms with Gasteiger partial charge in [-0.25, -0.2) is 0 Å². The lowest BCUT2D eigenvalue weighted by Crippen LogP contribution is -2.35. The van der Waals surface area contributed by atoms with Crippen LogP contribution in [0.15, 0.2) is 24.3 Å². The van der Waals surface area contributed by atoms with Crippen LogP contribution in [-0.4, -0.2) is 18.3 Å². The number of halogens is 3. The van der Waals surface area contributed by atoms with E-state index >= 15 is 0 Å². The van der Waals surface area contributed by atoms with Crippen LogP contribution in [0.3, 0.4) is 0 Å². The lowest BCUT2D eigenvalue weighted by atomic mass is 9.78. The van der Waals surface area contributed by atoms with E-state index in [1.165, 1.54) is 12.1 Å². The van der Waals surface area contributed by atoms with E-state index in [0.717, 1.165) is 25.0 Å². The molecule has 2 rings (SSSR count). The molecule has 2 unspecified atom stereocenters. The Morgan fingerprint density at radius 1 is 1.26 bits per heavy atom. The maximum absolute atomic E-state index is 12.5. The normalized spacial score (nSPS) is 28.4. The molecule has 2 nitrogen and oxygen atoms in total. The average molecular weight is 274 g/mol. The van der Waals surface area contributed by atoms with Crippen LogP contribution in [0.1, 0.15) is 36.8 Å². The first-order chi connectivity index (χ1) is 8.85. The van der Waals surface area contributed by atoms with Crippen molar-refractivity contribution in [1.82, 2.24) is 0 Å². The Morgan fingerprint density at radius 3 is 2.42 bits per heavy atom. The van der Waals surface area contributed by atoms with Gasteiger partial charge < -0.3 is 9.84 Å². The Morgan fingerprint density at radius 2 is 1.89 bits per heavy atom. The Hall–Kier alpha value is -1.07. The molecule has 0 spiro atoms. The van der Waals surface area contributed by atoms with Crippen molar-refractivity contribution in [2.75, 3.05) is 7.11 Å². The number of hydrogen-bond donors (Lipinski definition) is 1. The fourth-order valence-corrected chi connectivity index (χ4v) is 2.64. The number of hydrogen-bond acceptors (Lipinski definition) is 2. The first kappa shape index (κ1) is 14.3. The Bertz CT molecular complexity index is 427. The van der Waals surface area contributed by atoms with Gasteiger partial charge in [0.1, 0.15) is 0 Å². The fourth-order valence-electron chi connectivity index (χ4n) is 2.64. The lowest BCUT2D eigenvalue weighted by Gasteiger charge is -2.36. The molecule has 19 heavy (non-hydrogen) atoms. The highest BCUT2D eigenvalue weighted by Crippen LogP contribution is 2.39. The Balaban J connectivity index is 2.21. The zero-order valence-corrected chi connectivity index (χ0v) is 10.7. The summed E-state index contributed by atoms with van der Waals surface area (Å²) in [7, 11) is 1.59. The molecule has 1 aliphatic carbocycles. The summed E-state index contributed by atoms with van der Waals surface area (Å²) in [5, 5.41) is 10.6. The molecule has 2 atom stereocenters. The number of rotatable bonds is 2. The maximum atomic E-state index is 12.5. The van der Waals surface area contributed by atoms with Crippen LogP contribution < -0.4 is 0 Å². The van der Waals surface area contributed by atoms with Gasteiger partial charge in [0.25, 0.3) is 0 Å². The van der Waals surface area contributed by atoms with Crippen LogP contribution in [0.2, 0.25) is 0 Å². The van der Waals surface area contributed by atoms with Gasteiger partial charge in [0.15, 0.2) is 0 Å². The van der Waals surface area contributed by atoms with Crippen LogP contribution in [0.5, 0.6) is 0 Å². The quantitative estimate of drug-likeness (QED) is 0.894. The molecule has 1 N–H and O–H groups in total. The van der Waals surface area contributed by atoms with Gasteiger partial charge >= 0.3 is 6.18 Å². The Kier molecular flexibility index (Phi) is 3.87. The van der Waals surface area contributed by atoms with Gasteiger partial charge in [-0.15, -0.1) is 0 Å². The standard InChI is InChI=1S/C14H17F3O2/c1-19-12-3-2-8-13(18,9-12)10-4-6-11(7-5-10)14(15,16)17/h4-7,12,18H,2-3,8-9H2,1H3. The molecule has 0 amide bonds. The summed E-state index contributed by atoms with van der Waals surface area (Å²) < 4.78 is 42.7. The predicted octanol–water partition coefficient (Wildman–Crippen LogP) is 3.48. The van der Waals surface area contributed by atoms with Crippen LogP contribution in [-0.2, 0) is 16.5 Å². The summed E-state index contributed by atoms with van der Waals surface area (Å²) in [5.41, 5.74) is -1.25. The third kappa shape index (κ3) is 3.09. The van der Waals surface area contributed by atoms with E-state index in [0.29, 0.717) is 18.4 Å². The molecule has 1 aromatic rings. The Labute approximate surface area is 110 Å². The van der Waals surface area contributed by atoms with E-state index in [1.54, 1.807) is 7.11 Å². The number of ether oxygens (including phenoxy) is 1. The minimum Gasteiger partial charge on any atom is -0.385 e. The SMILES string of the molecule is COC1CCCC(O)(c2ccc(C(F)(F)F)cc2)C1. The molecular weight excluding hydrogens is 257 g/mol. The van der Waals surface area contributed by atoms with Gasteiger partial charge in [-0.3, -0.25) is 0 Å². The van der Waals surface area contributed by atoms with Crippen molar-refractivity contribution < 1.29 is 23.0 Å². The smallest absolute Gasteiger partial charge is 0.385 e. The molecule has 1 aromatic carbocycles. The molecule has 0 bridgehead atoms. The highest BCUT2D eigenvalue weighted by atomic mass is 19.4. The summed E-state index contributed by atoms with van der Waals surface area (Å²) in [6, 6.07) is 4.76. The number of aliphatic hydroxyl groups is 1. The van der Waals surface area contributed by atoms with Crippen molar-refractivity contribution in [3.63, 3.8) is 0 Å². The first-order valence-electron chi connectivity index (χ1n) is 6.28. The minimum absolute atomic E-state index is 0.0407. The van der Waals surface area contributed by atoms with Gasteiger partial charge in [0, 0.05) is 13.5 Å². The van der Waals surface area contributed by atoms with E-state index in [9.17, 15) is 18.3 Å². The van der Waals surface area contributed by atoms with Crippen LogP contribution in [0, 0.1) is 0 Å². The molecule has 106 valence electrons. The van der Waals surface area contributed by atoms with Gasteiger partial charge in [0.2, 0.25) is 0 Å². The molecule has 1 saturated carbocycles. The van der Waals surface area contributed by atoms with Gasteiger partial charge in [-0.05, 0) is 37.0 Å². The van der Waals surface area contributed by atoms with E-state index in [1.807, 2.05) is 0 Å². The molecule has 0 aliphatic heterocycles. The van der Waals surface area contributed by atoms with E-state index in [-0.39, 0.29) is 6.10 Å². The summed E-state index contributed by atoms with van der Waals surface area (Å²) in [5.74, 6) is 0. The summed E-state index contributed by atoms with van der Waals surface area (Å²) in [6.07, 6.45) is -1.73. The first-order valence-corrected chi connectivity index (χ1v) is 6.28. The zero-order valence-electron chi connectivity index (χ0n) is 10.7. The predicted molar refractivity (Wildman–Crippen MR) is 64.6 cm³/mol. The van der Waals surface area contributed by atoms with Crippen LogP contribution >= 0.6 is 0 Å². The van der Waals surface area contributed by atoms with Crippen molar-refractivity contribution in [2.24, 2.45) is 0 Å². The second kappa shape index (κ2) is 5.13. The van der Waals surface area contributed by atoms with Crippen molar-refractivity contribution in [2.45, 2.75) is 43.6 Å². The van der Waals surface area contributed by atoms with E-state index in [2.05, 4.69) is 0 Å². The molecule has 0 saturated heterocycles. The topological polar surface area (TPSA) is 29.5 Å². The third-order valence-electron chi connectivity index (χ3n) is 3.76. The maximum Gasteiger partial charge on any atom is 0.416 e. The summed E-state index contributed by atoms with van der Waals surface area (Å²) in [4.78, 5) is 0. The number of benzene rings is 1. The molecule has 0 aromatic heterocycles. The second-order valence-corrected chi connectivity index (χ2v) is 5.06. The van der Waals surface area contributed by atoms with Crippen molar-refractivity contribution >= 4 is 0 Å². The number of methoxy groups -OCH3 is 1. The molecular formula is C14H17F3O2. The van der Waals surface area contributed by atoms with Crippen molar-refractivity contribution in [3.8, 4) is 0 Å². The van der Waals surface area contributed by atoms with Crippen LogP contribution in [0.4, 0.5) is 13.2 Å². The lowest BCUT2D eigenvalue weighted by molar-refractivity contribution is -0.137. The second-order valence-electron chi connectivity index (χ2n) is 5.06. The highest BCUT2D eigenvalue weighted by molar-refractivity contribution is 5.29. The van der Waals surface area contributed by atoms with E-state index < -0.39 is 17.3 Å². The summed E-state index contributed by atoms with van der Waals surface area (Å²) >= 11 is 0. The largest absolute Gasteiger partial charge is 0.416 e. The van der Waals surface area contributed by atoms with Crippen LogP contribution in [0.25, 0.3) is 0 Å². The average Bonchev–Trinajstić information content (AvgIpc) is 2.38. The highest BCUT2D eigenvalue weighted by Gasteiger charge is 2.37. The minimum atomic E-state index is -4.34. The van der Waals surface area contributed by atoms with Crippen molar-refractivity contribution in [1.29, 1.82) is 0 Å². The van der Waals surface area contributed by atoms with Gasteiger partial charge in [-0.1, -0.05) is 12.1 Å². The van der Waals surface area contributed by atoms with Crippen molar-refractivity contribution in [3.05, 3.63) is 35.4 Å². The fraction of sp³-hybridized carbons (Fsp3) is 0.571. The zero-order chi connectivity index (χ0) is 14.1. The molecule has 1 fully saturated rings. The molecule has 1 aliphatic rings.